The minimum atomic E-state index is -3.36. The summed E-state index contributed by atoms with van der Waals surface area (Å²) in [4.78, 5) is 16.6. The van der Waals surface area contributed by atoms with E-state index in [9.17, 15) is 13.2 Å². The largest absolute Gasteiger partial charge is 0.310 e. The number of halogens is 1. The molecule has 0 spiro atoms. The quantitative estimate of drug-likeness (QED) is 0.758. The van der Waals surface area contributed by atoms with E-state index in [-0.39, 0.29) is 17.7 Å². The molecule has 26 heavy (non-hydrogen) atoms. The van der Waals surface area contributed by atoms with Crippen molar-refractivity contribution in [3.8, 4) is 0 Å². The Morgan fingerprint density at radius 1 is 1.12 bits per heavy atom. The van der Waals surface area contributed by atoms with Gasteiger partial charge in [-0.3, -0.25) is 9.69 Å². The van der Waals surface area contributed by atoms with Crippen molar-refractivity contribution in [2.45, 2.75) is 17.4 Å². The van der Waals surface area contributed by atoms with Gasteiger partial charge in [-0.25, -0.2) is 8.42 Å². The Kier molecular flexibility index (Phi) is 5.65. The topological polar surface area (TPSA) is 57.7 Å². The Balaban J connectivity index is 1.65. The van der Waals surface area contributed by atoms with Gasteiger partial charge in [0.1, 0.15) is 0 Å². The second kappa shape index (κ2) is 7.78. The fourth-order valence-electron chi connectivity index (χ4n) is 3.15. The summed E-state index contributed by atoms with van der Waals surface area (Å²) in [5.74, 6) is -0.0682. The molecule has 0 saturated carbocycles. The maximum absolute atomic E-state index is 12.8. The molecule has 3 rings (SSSR count). The number of carbonyl (C=O) groups is 1. The predicted octanol–water partition coefficient (Wildman–Crippen LogP) is 2.85. The predicted molar refractivity (Wildman–Crippen MR) is 103 cm³/mol. The number of rotatable bonds is 6. The summed E-state index contributed by atoms with van der Waals surface area (Å²) >= 11 is 6.20. The van der Waals surface area contributed by atoms with E-state index in [4.69, 9.17) is 11.6 Å². The normalized spacial score (nSPS) is 17.9. The first kappa shape index (κ1) is 18.9. The number of hydrogen-bond donors (Lipinski definition) is 0. The van der Waals surface area contributed by atoms with Crippen molar-refractivity contribution in [1.29, 1.82) is 0 Å². The molecule has 138 valence electrons. The fourth-order valence-corrected chi connectivity index (χ4v) is 4.72. The van der Waals surface area contributed by atoms with Gasteiger partial charge in [-0.15, -0.1) is 0 Å². The summed E-state index contributed by atoms with van der Waals surface area (Å²) in [6.45, 7) is 0.868. The molecule has 0 radical (unpaired) electrons. The first-order valence-corrected chi connectivity index (χ1v) is 10.5. The van der Waals surface area contributed by atoms with Gasteiger partial charge in [-0.2, -0.15) is 0 Å². The van der Waals surface area contributed by atoms with Crippen LogP contribution in [0.4, 0.5) is 5.69 Å². The van der Waals surface area contributed by atoms with Crippen LogP contribution < -0.4 is 4.90 Å². The van der Waals surface area contributed by atoms with Crippen LogP contribution in [0, 0.1) is 0 Å². The third kappa shape index (κ3) is 3.92. The van der Waals surface area contributed by atoms with Gasteiger partial charge in [-0.05, 0) is 37.7 Å². The third-order valence-electron chi connectivity index (χ3n) is 4.67. The summed E-state index contributed by atoms with van der Waals surface area (Å²) in [6.07, 6.45) is 0.645. The number of carbonyl (C=O) groups excluding carboxylic acids is 1. The number of nitrogens with zero attached hydrogens (tertiary/aromatic N) is 2. The minimum absolute atomic E-state index is 0.0244. The van der Waals surface area contributed by atoms with Gasteiger partial charge in [0, 0.05) is 13.1 Å². The zero-order chi connectivity index (χ0) is 18.7. The van der Waals surface area contributed by atoms with E-state index >= 15 is 0 Å². The highest BCUT2D eigenvalue weighted by molar-refractivity contribution is 7.91. The van der Waals surface area contributed by atoms with Crippen LogP contribution in [0.25, 0.3) is 0 Å². The first-order chi connectivity index (χ1) is 12.4. The molecule has 0 aromatic heterocycles. The molecule has 2 aromatic carbocycles. The van der Waals surface area contributed by atoms with E-state index in [2.05, 4.69) is 0 Å². The highest BCUT2D eigenvalue weighted by Gasteiger charge is 2.36. The molecule has 0 bridgehead atoms. The highest BCUT2D eigenvalue weighted by Crippen LogP contribution is 2.30. The maximum atomic E-state index is 12.8. The van der Waals surface area contributed by atoms with Crippen LogP contribution in [0.15, 0.2) is 59.5 Å². The summed E-state index contributed by atoms with van der Waals surface area (Å²) in [7, 11) is -1.57. The fraction of sp³-hybridized carbons (Fsp3) is 0.316. The number of sulfone groups is 1. The van der Waals surface area contributed by atoms with Crippen LogP contribution >= 0.6 is 11.6 Å². The van der Waals surface area contributed by atoms with Crippen LogP contribution in [-0.2, 0) is 14.6 Å². The molecular formula is C19H21ClN2O3S. The van der Waals surface area contributed by atoms with Gasteiger partial charge >= 0.3 is 0 Å². The molecular weight excluding hydrogens is 372 g/mol. The molecule has 1 amide bonds. The monoisotopic (exact) mass is 392 g/mol. The van der Waals surface area contributed by atoms with Crippen LogP contribution in [0.5, 0.6) is 0 Å². The maximum Gasteiger partial charge on any atom is 0.244 e. The van der Waals surface area contributed by atoms with Crippen molar-refractivity contribution in [1.82, 2.24) is 4.90 Å². The summed E-state index contributed by atoms with van der Waals surface area (Å²) < 4.78 is 24.8. The molecule has 7 heteroatoms. The van der Waals surface area contributed by atoms with E-state index in [0.29, 0.717) is 35.1 Å². The van der Waals surface area contributed by atoms with E-state index in [1.54, 1.807) is 48.3 Å². The van der Waals surface area contributed by atoms with E-state index < -0.39 is 9.84 Å². The Morgan fingerprint density at radius 2 is 1.77 bits per heavy atom. The Labute approximate surface area is 159 Å². The average molecular weight is 393 g/mol. The summed E-state index contributed by atoms with van der Waals surface area (Å²) in [5.41, 5.74) is 0.701. The summed E-state index contributed by atoms with van der Waals surface area (Å²) in [6, 6.07) is 15.3. The van der Waals surface area contributed by atoms with Crippen molar-refractivity contribution < 1.29 is 13.2 Å². The third-order valence-corrected chi connectivity index (χ3v) is 6.70. The number of para-hydroxylation sites is 1. The number of amides is 1. The van der Waals surface area contributed by atoms with Gasteiger partial charge in [0.15, 0.2) is 9.84 Å². The standard InChI is InChI=1S/C19H21ClN2O3S/c1-21(13-14-26(24,25)15-7-3-2-4-8-15)18-11-12-22(19(18)23)17-10-6-5-9-16(17)20/h2-10,18H,11-14H2,1H3. The molecule has 2 aromatic rings. The van der Waals surface area contributed by atoms with Crippen molar-refractivity contribution in [2.75, 3.05) is 30.8 Å². The second-order valence-electron chi connectivity index (χ2n) is 6.36. The summed E-state index contributed by atoms with van der Waals surface area (Å²) in [5, 5.41) is 0.538. The van der Waals surface area contributed by atoms with E-state index in [0.717, 1.165) is 0 Å². The zero-order valence-corrected chi connectivity index (χ0v) is 16.1. The smallest absolute Gasteiger partial charge is 0.244 e. The molecule has 1 aliphatic heterocycles. The molecule has 1 atom stereocenters. The van der Waals surface area contributed by atoms with Gasteiger partial charge in [0.2, 0.25) is 5.91 Å². The lowest BCUT2D eigenvalue weighted by atomic mass is 10.2. The highest BCUT2D eigenvalue weighted by atomic mass is 35.5. The molecule has 5 nitrogen and oxygen atoms in total. The van der Waals surface area contributed by atoms with Crippen molar-refractivity contribution in [3.05, 3.63) is 59.6 Å². The van der Waals surface area contributed by atoms with Gasteiger partial charge in [0.05, 0.1) is 27.4 Å². The van der Waals surface area contributed by atoms with Crippen LogP contribution in [-0.4, -0.2) is 51.2 Å². The molecule has 0 aliphatic carbocycles. The number of likely N-dealkylation sites (N-methyl/N-ethyl adjacent to an activating group) is 1. The Bertz CT molecular complexity index is 887. The van der Waals surface area contributed by atoms with Crippen molar-refractivity contribution in [3.63, 3.8) is 0 Å². The average Bonchev–Trinajstić information content (AvgIpc) is 3.02. The number of hydrogen-bond acceptors (Lipinski definition) is 4. The molecule has 0 N–H and O–H groups in total. The lowest BCUT2D eigenvalue weighted by Crippen LogP contribution is -2.41. The van der Waals surface area contributed by atoms with E-state index in [1.807, 2.05) is 23.1 Å². The minimum Gasteiger partial charge on any atom is -0.310 e. The van der Waals surface area contributed by atoms with Crippen LogP contribution in [0.2, 0.25) is 5.02 Å². The van der Waals surface area contributed by atoms with Gasteiger partial charge in [0.25, 0.3) is 0 Å². The van der Waals surface area contributed by atoms with Crippen LogP contribution in [0.3, 0.4) is 0 Å². The molecule has 1 saturated heterocycles. The van der Waals surface area contributed by atoms with Gasteiger partial charge in [-0.1, -0.05) is 41.9 Å². The van der Waals surface area contributed by atoms with E-state index in [1.165, 1.54) is 0 Å². The molecule has 1 fully saturated rings. The zero-order valence-electron chi connectivity index (χ0n) is 14.5. The SMILES string of the molecule is CN(CCS(=O)(=O)c1ccccc1)C1CCN(c2ccccc2Cl)C1=O. The second-order valence-corrected chi connectivity index (χ2v) is 8.87. The molecule has 1 aliphatic rings. The van der Waals surface area contributed by atoms with Crippen molar-refractivity contribution in [2.24, 2.45) is 0 Å². The number of anilines is 1. The lowest BCUT2D eigenvalue weighted by Gasteiger charge is -2.24. The Hall–Kier alpha value is -1.89. The lowest BCUT2D eigenvalue weighted by molar-refractivity contribution is -0.121. The van der Waals surface area contributed by atoms with Crippen molar-refractivity contribution >= 4 is 33.0 Å². The van der Waals surface area contributed by atoms with Crippen LogP contribution in [0.1, 0.15) is 6.42 Å². The molecule has 1 heterocycles. The Morgan fingerprint density at radius 3 is 2.46 bits per heavy atom. The van der Waals surface area contributed by atoms with Gasteiger partial charge < -0.3 is 4.90 Å². The number of benzene rings is 2. The first-order valence-electron chi connectivity index (χ1n) is 8.44. The molecule has 1 unspecified atom stereocenters.